The summed E-state index contributed by atoms with van der Waals surface area (Å²) in [6.07, 6.45) is 6.59. The molecule has 1 amide bonds. The van der Waals surface area contributed by atoms with Gasteiger partial charge in [-0.3, -0.25) is 9.78 Å². The number of nitrogen functional groups attached to an aromatic ring is 1. The lowest BCUT2D eigenvalue weighted by Crippen LogP contribution is -2.44. The molecule has 174 valence electrons. The van der Waals surface area contributed by atoms with Crippen LogP contribution in [0.15, 0.2) is 42.7 Å². The second kappa shape index (κ2) is 7.73. The number of hydrogen-bond donors (Lipinski definition) is 2. The van der Waals surface area contributed by atoms with E-state index < -0.39 is 0 Å². The largest absolute Gasteiger partial charge is 0.382 e. The Balaban J connectivity index is 1.17. The van der Waals surface area contributed by atoms with Gasteiger partial charge in [-0.05, 0) is 60.1 Å². The Kier molecular flexibility index (Phi) is 4.77. The number of hydrogen-bond acceptors (Lipinski definition) is 7. The Bertz CT molecular complexity index is 1290. The van der Waals surface area contributed by atoms with Gasteiger partial charge in [-0.25, -0.2) is 14.4 Å². The van der Waals surface area contributed by atoms with Gasteiger partial charge in [0, 0.05) is 38.3 Å². The van der Waals surface area contributed by atoms with Crippen LogP contribution in [0.5, 0.6) is 0 Å². The van der Waals surface area contributed by atoms with Gasteiger partial charge in [-0.15, -0.1) is 0 Å². The lowest BCUT2D eigenvalue weighted by Gasteiger charge is -2.42. The molecular weight excluding hydrogens is 433 g/mol. The van der Waals surface area contributed by atoms with Crippen LogP contribution in [-0.2, 0) is 12.8 Å². The van der Waals surface area contributed by atoms with E-state index >= 15 is 0 Å². The van der Waals surface area contributed by atoms with Crippen LogP contribution in [0.25, 0.3) is 0 Å². The third-order valence-electron chi connectivity index (χ3n) is 7.69. The highest BCUT2D eigenvalue weighted by Crippen LogP contribution is 2.51. The molecule has 1 aromatic carbocycles. The van der Waals surface area contributed by atoms with Crippen molar-refractivity contribution in [1.82, 2.24) is 15.0 Å². The SMILES string of the molecule is Nc1nc(N2CCC3(CC2)Cc2cc(F)ccc2C3N)cnc1C(=O)N1CCc2ncccc21. The van der Waals surface area contributed by atoms with Crippen molar-refractivity contribution in [1.29, 1.82) is 0 Å². The quantitative estimate of drug-likeness (QED) is 0.605. The number of anilines is 3. The standard InChI is InChI=1S/C25H26FN7O/c26-16-3-4-17-15(12-16)13-25(22(17)27)6-10-32(11-7-25)20-14-30-21(23(28)31-20)24(34)33-9-5-18-19(33)2-1-8-29-18/h1-4,8,12,14,22H,5-7,9-11,13,27H2,(H2,28,31). The van der Waals surface area contributed by atoms with Gasteiger partial charge in [-0.1, -0.05) is 6.07 Å². The van der Waals surface area contributed by atoms with Crippen molar-refractivity contribution in [3.8, 4) is 0 Å². The fourth-order valence-electron chi connectivity index (χ4n) is 5.77. The number of pyridine rings is 1. The van der Waals surface area contributed by atoms with Crippen LogP contribution >= 0.6 is 0 Å². The van der Waals surface area contributed by atoms with Crippen molar-refractivity contribution in [3.05, 3.63) is 71.1 Å². The molecule has 1 saturated heterocycles. The van der Waals surface area contributed by atoms with E-state index in [0.717, 1.165) is 54.9 Å². The summed E-state index contributed by atoms with van der Waals surface area (Å²) in [5, 5.41) is 0. The minimum Gasteiger partial charge on any atom is -0.382 e. The fraction of sp³-hybridized carbons (Fsp3) is 0.360. The van der Waals surface area contributed by atoms with Crippen molar-refractivity contribution < 1.29 is 9.18 Å². The highest BCUT2D eigenvalue weighted by atomic mass is 19.1. The summed E-state index contributed by atoms with van der Waals surface area (Å²) in [4.78, 5) is 30.2. The molecule has 6 rings (SSSR count). The summed E-state index contributed by atoms with van der Waals surface area (Å²) in [5.74, 6) is 0.306. The molecule has 0 radical (unpaired) electrons. The maximum atomic E-state index is 13.7. The average molecular weight is 460 g/mol. The van der Waals surface area contributed by atoms with Crippen molar-refractivity contribution in [3.63, 3.8) is 0 Å². The van der Waals surface area contributed by atoms with Gasteiger partial charge in [0.05, 0.1) is 17.6 Å². The summed E-state index contributed by atoms with van der Waals surface area (Å²) in [6.45, 7) is 2.04. The van der Waals surface area contributed by atoms with Crippen molar-refractivity contribution in [2.24, 2.45) is 11.1 Å². The molecule has 8 nitrogen and oxygen atoms in total. The first kappa shape index (κ1) is 21.0. The molecule has 1 spiro atoms. The molecule has 4 N–H and O–H groups in total. The summed E-state index contributed by atoms with van der Waals surface area (Å²) in [7, 11) is 0. The molecule has 1 aliphatic carbocycles. The monoisotopic (exact) mass is 459 g/mol. The first-order chi connectivity index (χ1) is 16.4. The molecule has 9 heteroatoms. The van der Waals surface area contributed by atoms with Crippen LogP contribution in [0.4, 0.5) is 21.7 Å². The fourth-order valence-corrected chi connectivity index (χ4v) is 5.77. The number of rotatable bonds is 2. The lowest BCUT2D eigenvalue weighted by atomic mass is 9.73. The molecule has 34 heavy (non-hydrogen) atoms. The van der Waals surface area contributed by atoms with E-state index in [1.807, 2.05) is 18.2 Å². The Hall–Kier alpha value is -3.59. The molecule has 1 unspecified atom stereocenters. The van der Waals surface area contributed by atoms with E-state index in [0.29, 0.717) is 18.8 Å². The Labute approximate surface area is 196 Å². The maximum absolute atomic E-state index is 13.7. The number of carbonyl (C=O) groups excluding carboxylic acids is 1. The summed E-state index contributed by atoms with van der Waals surface area (Å²) < 4.78 is 13.7. The van der Waals surface area contributed by atoms with Gasteiger partial charge in [0.15, 0.2) is 11.5 Å². The highest BCUT2D eigenvalue weighted by molar-refractivity contribution is 6.08. The number of nitrogens with zero attached hydrogens (tertiary/aromatic N) is 5. The van der Waals surface area contributed by atoms with Crippen LogP contribution in [-0.4, -0.2) is 40.5 Å². The maximum Gasteiger partial charge on any atom is 0.280 e. The number of carbonyl (C=O) groups is 1. The number of aromatic nitrogens is 3. The highest BCUT2D eigenvalue weighted by Gasteiger charge is 2.46. The predicted molar refractivity (Wildman–Crippen MR) is 127 cm³/mol. The molecule has 2 aromatic heterocycles. The number of nitrogens with two attached hydrogens (primary N) is 2. The Morgan fingerprint density at radius 2 is 1.97 bits per heavy atom. The van der Waals surface area contributed by atoms with E-state index in [2.05, 4.69) is 19.9 Å². The summed E-state index contributed by atoms with van der Waals surface area (Å²) in [5.41, 5.74) is 16.7. The molecule has 3 aromatic rings. The van der Waals surface area contributed by atoms with Gasteiger partial charge >= 0.3 is 0 Å². The normalized spacial score (nSPS) is 20.5. The second-order valence-electron chi connectivity index (χ2n) is 9.49. The summed E-state index contributed by atoms with van der Waals surface area (Å²) >= 11 is 0. The van der Waals surface area contributed by atoms with E-state index in [-0.39, 0.29) is 34.7 Å². The lowest BCUT2D eigenvalue weighted by molar-refractivity contribution is 0.0985. The van der Waals surface area contributed by atoms with E-state index in [1.54, 1.807) is 23.4 Å². The molecule has 0 bridgehead atoms. The van der Waals surface area contributed by atoms with Crippen molar-refractivity contribution in [2.45, 2.75) is 31.7 Å². The van der Waals surface area contributed by atoms with Gasteiger partial charge in [0.2, 0.25) is 0 Å². The third-order valence-corrected chi connectivity index (χ3v) is 7.69. The molecular formula is C25H26FN7O. The molecule has 4 heterocycles. The molecule has 1 atom stereocenters. The van der Waals surface area contributed by atoms with Gasteiger partial charge in [0.25, 0.3) is 5.91 Å². The number of benzene rings is 1. The summed E-state index contributed by atoms with van der Waals surface area (Å²) in [6, 6.07) is 8.54. The minimum absolute atomic E-state index is 0.0707. The van der Waals surface area contributed by atoms with Gasteiger partial charge in [0.1, 0.15) is 11.6 Å². The van der Waals surface area contributed by atoms with E-state index in [4.69, 9.17) is 11.5 Å². The average Bonchev–Trinajstić information content (AvgIpc) is 3.38. The first-order valence-electron chi connectivity index (χ1n) is 11.6. The van der Waals surface area contributed by atoms with Crippen LogP contribution < -0.4 is 21.3 Å². The van der Waals surface area contributed by atoms with Crippen LogP contribution in [0, 0.1) is 11.2 Å². The molecule has 1 fully saturated rings. The minimum atomic E-state index is -0.261. The number of fused-ring (bicyclic) bond motifs is 2. The smallest absolute Gasteiger partial charge is 0.280 e. The first-order valence-corrected chi connectivity index (χ1v) is 11.6. The molecule has 3 aliphatic rings. The second-order valence-corrected chi connectivity index (χ2v) is 9.49. The molecule has 0 saturated carbocycles. The predicted octanol–water partition coefficient (Wildman–Crippen LogP) is 2.64. The number of piperidine rings is 1. The van der Waals surface area contributed by atoms with Crippen LogP contribution in [0.2, 0.25) is 0 Å². The van der Waals surface area contributed by atoms with Crippen molar-refractivity contribution >= 4 is 23.2 Å². The van der Waals surface area contributed by atoms with Crippen molar-refractivity contribution in [2.75, 3.05) is 35.2 Å². The third kappa shape index (κ3) is 3.22. The number of amides is 1. The molecule has 2 aliphatic heterocycles. The van der Waals surface area contributed by atoms with E-state index in [1.165, 1.54) is 6.07 Å². The zero-order chi connectivity index (χ0) is 23.4. The van der Waals surface area contributed by atoms with Crippen LogP contribution in [0.1, 0.15) is 46.2 Å². The Morgan fingerprint density at radius 1 is 1.15 bits per heavy atom. The van der Waals surface area contributed by atoms with Crippen LogP contribution in [0.3, 0.4) is 0 Å². The van der Waals surface area contributed by atoms with E-state index in [9.17, 15) is 9.18 Å². The topological polar surface area (TPSA) is 114 Å². The number of halogens is 1. The van der Waals surface area contributed by atoms with Gasteiger partial charge in [-0.2, -0.15) is 0 Å². The Morgan fingerprint density at radius 3 is 2.76 bits per heavy atom. The zero-order valence-corrected chi connectivity index (χ0v) is 18.7. The van der Waals surface area contributed by atoms with Gasteiger partial charge < -0.3 is 21.3 Å². The zero-order valence-electron chi connectivity index (χ0n) is 18.7.